The molecule has 0 aromatic rings. The molecule has 0 aromatic carbocycles. The summed E-state index contributed by atoms with van der Waals surface area (Å²) in [4.78, 5) is 13.6. The highest BCUT2D eigenvalue weighted by molar-refractivity contribution is 14.1. The van der Waals surface area contributed by atoms with Crippen LogP contribution in [0.1, 0.15) is 13.8 Å². The van der Waals surface area contributed by atoms with E-state index in [0.29, 0.717) is 0 Å². The van der Waals surface area contributed by atoms with Crippen LogP contribution >= 0.6 is 22.6 Å². The maximum absolute atomic E-state index is 10.1. The summed E-state index contributed by atoms with van der Waals surface area (Å²) in [5, 5.41) is 0. The molecular formula is C4H6INO. The predicted molar refractivity (Wildman–Crippen MR) is 38.2 cm³/mol. The Morgan fingerprint density at radius 1 is 1.57 bits per heavy atom. The summed E-state index contributed by atoms with van der Waals surface area (Å²) < 4.78 is -0.155. The van der Waals surface area contributed by atoms with E-state index < -0.39 is 0 Å². The normalized spacial score (nSPS) is 7.86. The molecule has 0 spiro atoms. The first kappa shape index (κ1) is 7.07. The zero-order valence-electron chi connectivity index (χ0n) is 4.23. The zero-order chi connectivity index (χ0) is 5.86. The van der Waals surface area contributed by atoms with Gasteiger partial charge in [-0.05, 0) is 13.8 Å². The van der Waals surface area contributed by atoms with Crippen molar-refractivity contribution in [2.75, 3.05) is 0 Å². The fourth-order valence-corrected chi connectivity index (χ4v) is 0.658. The van der Waals surface area contributed by atoms with Gasteiger partial charge >= 0.3 is 3.91 Å². The van der Waals surface area contributed by atoms with Gasteiger partial charge < -0.3 is 0 Å². The topological polar surface area (TPSA) is 29.4 Å². The SMILES string of the molecule is CC(C)=NC(=O)I. The number of aliphatic imine (C=N–C) groups is 1. The van der Waals surface area contributed by atoms with Crippen LogP contribution in [0, 0.1) is 0 Å². The summed E-state index contributed by atoms with van der Waals surface area (Å²) in [5.74, 6) is 0. The Kier molecular flexibility index (Phi) is 3.15. The number of rotatable bonds is 0. The first-order chi connectivity index (χ1) is 3.13. The smallest absolute Gasteiger partial charge is 0.260 e. The molecule has 0 atom stereocenters. The fraction of sp³-hybridized carbons (Fsp3) is 0.500. The zero-order valence-corrected chi connectivity index (χ0v) is 6.39. The van der Waals surface area contributed by atoms with Crippen LogP contribution in [0.3, 0.4) is 0 Å². The lowest BCUT2D eigenvalue weighted by atomic mass is 10.5. The molecule has 0 radical (unpaired) electrons. The molecule has 0 saturated carbocycles. The molecule has 0 N–H and O–H groups in total. The minimum atomic E-state index is -0.155. The molecule has 0 rings (SSSR count). The standard InChI is InChI=1S/C4H6INO/c1-3(2)6-4(5)7/h1-2H3. The number of amides is 1. The lowest BCUT2D eigenvalue weighted by Crippen LogP contribution is -1.82. The third-order valence-corrected chi connectivity index (χ3v) is 0.553. The third-order valence-electron chi connectivity index (χ3n) is 0.312. The first-order valence-corrected chi connectivity index (χ1v) is 2.92. The summed E-state index contributed by atoms with van der Waals surface area (Å²) in [5.41, 5.74) is 0.805. The van der Waals surface area contributed by atoms with Gasteiger partial charge in [0.25, 0.3) is 0 Å². The highest BCUT2D eigenvalue weighted by atomic mass is 127. The highest BCUT2D eigenvalue weighted by Crippen LogP contribution is 1.89. The Morgan fingerprint density at radius 2 is 2.00 bits per heavy atom. The number of hydrogen-bond donors (Lipinski definition) is 0. The lowest BCUT2D eigenvalue weighted by molar-refractivity contribution is 0.269. The molecule has 0 saturated heterocycles. The summed E-state index contributed by atoms with van der Waals surface area (Å²) in [6, 6.07) is 0. The van der Waals surface area contributed by atoms with Crippen molar-refractivity contribution in [1.82, 2.24) is 0 Å². The van der Waals surface area contributed by atoms with Crippen LogP contribution in [0.25, 0.3) is 0 Å². The van der Waals surface area contributed by atoms with Gasteiger partial charge in [0, 0.05) is 28.3 Å². The van der Waals surface area contributed by atoms with E-state index in [1.54, 1.807) is 36.4 Å². The highest BCUT2D eigenvalue weighted by Gasteiger charge is 1.83. The van der Waals surface area contributed by atoms with Crippen molar-refractivity contribution in [2.24, 2.45) is 4.99 Å². The van der Waals surface area contributed by atoms with Gasteiger partial charge in [-0.1, -0.05) is 0 Å². The van der Waals surface area contributed by atoms with Crippen molar-refractivity contribution >= 4 is 32.2 Å². The second-order valence-corrected chi connectivity index (χ2v) is 2.23. The quantitative estimate of drug-likeness (QED) is 0.261. The molecule has 40 valence electrons. The van der Waals surface area contributed by atoms with Crippen LogP contribution in [0.15, 0.2) is 4.99 Å². The van der Waals surface area contributed by atoms with Gasteiger partial charge in [-0.25, -0.2) is 4.99 Å². The lowest BCUT2D eigenvalue weighted by Gasteiger charge is -1.79. The van der Waals surface area contributed by atoms with Gasteiger partial charge in [-0.2, -0.15) is 0 Å². The van der Waals surface area contributed by atoms with Crippen molar-refractivity contribution in [3.05, 3.63) is 0 Å². The van der Waals surface area contributed by atoms with Crippen molar-refractivity contribution in [2.45, 2.75) is 13.8 Å². The van der Waals surface area contributed by atoms with Crippen molar-refractivity contribution in [3.8, 4) is 0 Å². The molecule has 3 heteroatoms. The van der Waals surface area contributed by atoms with E-state index in [-0.39, 0.29) is 3.91 Å². The van der Waals surface area contributed by atoms with Gasteiger partial charge in [0.1, 0.15) is 0 Å². The minimum absolute atomic E-state index is 0.155. The number of hydrogen-bond acceptors (Lipinski definition) is 1. The predicted octanol–water partition coefficient (Wildman–Crippen LogP) is 2.02. The Balaban J connectivity index is 3.68. The van der Waals surface area contributed by atoms with Crippen LogP contribution < -0.4 is 0 Å². The van der Waals surface area contributed by atoms with Crippen LogP contribution in [0.5, 0.6) is 0 Å². The molecule has 7 heavy (non-hydrogen) atoms. The van der Waals surface area contributed by atoms with Gasteiger partial charge in [0.05, 0.1) is 0 Å². The summed E-state index contributed by atoms with van der Waals surface area (Å²) >= 11 is 1.63. The number of nitrogens with zero attached hydrogens (tertiary/aromatic N) is 1. The average Bonchev–Trinajstić information content (AvgIpc) is 1.27. The van der Waals surface area contributed by atoms with Gasteiger partial charge in [0.15, 0.2) is 0 Å². The van der Waals surface area contributed by atoms with E-state index in [1.807, 2.05) is 0 Å². The average molecular weight is 211 g/mol. The van der Waals surface area contributed by atoms with E-state index in [4.69, 9.17) is 0 Å². The molecule has 0 unspecified atom stereocenters. The van der Waals surface area contributed by atoms with Crippen molar-refractivity contribution in [1.29, 1.82) is 0 Å². The molecule has 2 nitrogen and oxygen atoms in total. The Labute approximate surface area is 56.2 Å². The monoisotopic (exact) mass is 211 g/mol. The Morgan fingerprint density at radius 3 is 2.00 bits per heavy atom. The summed E-state index contributed by atoms with van der Waals surface area (Å²) in [6.07, 6.45) is 0. The van der Waals surface area contributed by atoms with E-state index in [1.165, 1.54) is 0 Å². The van der Waals surface area contributed by atoms with Crippen molar-refractivity contribution in [3.63, 3.8) is 0 Å². The van der Waals surface area contributed by atoms with Gasteiger partial charge in [-0.3, -0.25) is 4.79 Å². The molecule has 0 bridgehead atoms. The maximum atomic E-state index is 10.1. The van der Waals surface area contributed by atoms with E-state index >= 15 is 0 Å². The van der Waals surface area contributed by atoms with Gasteiger partial charge in [0.2, 0.25) is 0 Å². The van der Waals surface area contributed by atoms with E-state index in [0.717, 1.165) is 5.71 Å². The Hall–Kier alpha value is 0.0700. The first-order valence-electron chi connectivity index (χ1n) is 1.84. The number of halogens is 1. The van der Waals surface area contributed by atoms with Gasteiger partial charge in [-0.15, -0.1) is 0 Å². The molecule has 0 fully saturated rings. The third kappa shape index (κ3) is 6.07. The van der Waals surface area contributed by atoms with Crippen LogP contribution in [0.4, 0.5) is 4.79 Å². The Bertz CT molecular complexity index is 104. The second-order valence-electron chi connectivity index (χ2n) is 1.31. The van der Waals surface area contributed by atoms with Crippen LogP contribution in [-0.2, 0) is 0 Å². The molecule has 1 amide bonds. The second kappa shape index (κ2) is 3.12. The van der Waals surface area contributed by atoms with E-state index in [9.17, 15) is 4.79 Å². The van der Waals surface area contributed by atoms with Crippen LogP contribution in [0.2, 0.25) is 0 Å². The maximum Gasteiger partial charge on any atom is 0.306 e. The summed E-state index contributed by atoms with van der Waals surface area (Å²) in [6.45, 7) is 3.58. The van der Waals surface area contributed by atoms with E-state index in [2.05, 4.69) is 4.99 Å². The molecule has 0 aliphatic heterocycles. The molecule has 0 aliphatic carbocycles. The molecule has 0 aliphatic rings. The largest absolute Gasteiger partial charge is 0.306 e. The van der Waals surface area contributed by atoms with Crippen LogP contribution in [-0.4, -0.2) is 9.63 Å². The fourth-order valence-electron chi connectivity index (χ4n) is 0.176. The van der Waals surface area contributed by atoms with Crippen molar-refractivity contribution < 1.29 is 4.79 Å². The summed E-state index contributed by atoms with van der Waals surface area (Å²) in [7, 11) is 0. The minimum Gasteiger partial charge on any atom is -0.260 e. The molecule has 0 heterocycles. The number of carbonyl (C=O) groups is 1. The molecular weight excluding hydrogens is 205 g/mol. The molecule has 0 aromatic heterocycles. The number of carbonyl (C=O) groups excluding carboxylic acids is 1.